The van der Waals surface area contributed by atoms with Gasteiger partial charge in [-0.05, 0) is 43.0 Å². The first-order chi connectivity index (χ1) is 13.4. The first-order valence-electron chi connectivity index (χ1n) is 9.42. The Hall–Kier alpha value is -2.13. The Bertz CT molecular complexity index is 841. The van der Waals surface area contributed by atoms with Crippen LogP contribution in [0.15, 0.2) is 23.1 Å². The Kier molecular flexibility index (Phi) is 6.24. The average molecular weight is 410 g/mol. The van der Waals surface area contributed by atoms with Gasteiger partial charge in [-0.3, -0.25) is 0 Å². The second-order valence-electron chi connectivity index (χ2n) is 7.06. The summed E-state index contributed by atoms with van der Waals surface area (Å²) in [6.45, 7) is 0.717. The van der Waals surface area contributed by atoms with E-state index >= 15 is 0 Å². The van der Waals surface area contributed by atoms with Crippen LogP contribution in [0.5, 0.6) is 5.75 Å². The maximum Gasteiger partial charge on any atom is 0.409 e. The van der Waals surface area contributed by atoms with Crippen LogP contribution in [0.4, 0.5) is 4.79 Å². The summed E-state index contributed by atoms with van der Waals surface area (Å²) in [5.74, 6) is 0.610. The van der Waals surface area contributed by atoms with E-state index in [0.717, 1.165) is 31.1 Å². The first kappa shape index (κ1) is 20.6. The lowest BCUT2D eigenvalue weighted by molar-refractivity contribution is -0.107. The number of nitrogens with zero attached hydrogens (tertiary/aromatic N) is 2. The number of ether oxygens (including phenoxy) is 2. The summed E-state index contributed by atoms with van der Waals surface area (Å²) < 4.78 is 37.5. The van der Waals surface area contributed by atoms with E-state index in [2.05, 4.69) is 0 Å². The van der Waals surface area contributed by atoms with Gasteiger partial charge in [0.15, 0.2) is 0 Å². The van der Waals surface area contributed by atoms with E-state index in [1.54, 1.807) is 30.2 Å². The number of rotatable bonds is 8. The fourth-order valence-electron chi connectivity index (χ4n) is 4.06. The number of aldehydes is 1. The maximum atomic E-state index is 12.9. The summed E-state index contributed by atoms with van der Waals surface area (Å²) in [5, 5.41) is 0. The van der Waals surface area contributed by atoms with Crippen LogP contribution < -0.4 is 4.74 Å². The third kappa shape index (κ3) is 3.73. The molecule has 154 valence electrons. The van der Waals surface area contributed by atoms with Crippen molar-refractivity contribution in [2.24, 2.45) is 0 Å². The van der Waals surface area contributed by atoms with Gasteiger partial charge in [0.25, 0.3) is 0 Å². The Labute approximate surface area is 165 Å². The molecule has 1 aromatic rings. The van der Waals surface area contributed by atoms with Crippen molar-refractivity contribution in [3.05, 3.63) is 23.8 Å². The third-order valence-corrected chi connectivity index (χ3v) is 7.42. The first-order valence-corrected chi connectivity index (χ1v) is 10.9. The second-order valence-corrected chi connectivity index (χ2v) is 8.92. The Morgan fingerprint density at radius 1 is 1.29 bits per heavy atom. The van der Waals surface area contributed by atoms with Crippen molar-refractivity contribution in [1.82, 2.24) is 9.21 Å². The van der Waals surface area contributed by atoms with Crippen LogP contribution in [0.2, 0.25) is 0 Å². The van der Waals surface area contributed by atoms with E-state index in [1.807, 2.05) is 0 Å². The number of methoxy groups -OCH3 is 2. The van der Waals surface area contributed by atoms with Crippen LogP contribution in [-0.2, 0) is 19.6 Å². The fourth-order valence-corrected chi connectivity index (χ4v) is 5.95. The number of fused-ring (bicyclic) bond motifs is 3. The topological polar surface area (TPSA) is 93.2 Å². The van der Waals surface area contributed by atoms with Crippen molar-refractivity contribution in [3.63, 3.8) is 0 Å². The standard InChI is InChI=1S/C19H26N2O6S/c1-26-15-7-8-18-16(12-15)17-11-14(13-21(17)28(18,24)25)20(19(23)27-2)9-5-3-4-6-10-22/h7-8,10,12,14,17H,3-6,9,11,13H2,1-2H3/t14-,17+/m0/s1. The molecule has 0 aromatic heterocycles. The molecule has 2 heterocycles. The van der Waals surface area contributed by atoms with Gasteiger partial charge in [-0.2, -0.15) is 4.31 Å². The molecule has 0 N–H and O–H groups in total. The molecule has 1 amide bonds. The lowest BCUT2D eigenvalue weighted by Crippen LogP contribution is -2.43. The van der Waals surface area contributed by atoms with Gasteiger partial charge in [-0.1, -0.05) is 6.42 Å². The number of unbranched alkanes of at least 4 members (excludes halogenated alkanes) is 3. The van der Waals surface area contributed by atoms with Crippen molar-refractivity contribution in [3.8, 4) is 5.75 Å². The summed E-state index contributed by atoms with van der Waals surface area (Å²) in [5.41, 5.74) is 0.720. The summed E-state index contributed by atoms with van der Waals surface area (Å²) in [7, 11) is -0.706. The monoisotopic (exact) mass is 410 g/mol. The van der Waals surface area contributed by atoms with E-state index in [4.69, 9.17) is 9.47 Å². The number of hydrogen-bond donors (Lipinski definition) is 0. The zero-order valence-electron chi connectivity index (χ0n) is 16.2. The Morgan fingerprint density at radius 3 is 2.75 bits per heavy atom. The molecule has 1 fully saturated rings. The Morgan fingerprint density at radius 2 is 2.07 bits per heavy atom. The van der Waals surface area contributed by atoms with Crippen molar-refractivity contribution in [2.75, 3.05) is 27.3 Å². The van der Waals surface area contributed by atoms with Crippen LogP contribution in [0.1, 0.15) is 43.7 Å². The van der Waals surface area contributed by atoms with E-state index in [1.165, 1.54) is 11.4 Å². The van der Waals surface area contributed by atoms with E-state index in [9.17, 15) is 18.0 Å². The van der Waals surface area contributed by atoms with Crippen molar-refractivity contribution < 1.29 is 27.5 Å². The van der Waals surface area contributed by atoms with Gasteiger partial charge in [0.05, 0.1) is 31.2 Å². The lowest BCUT2D eigenvalue weighted by atomic mass is 10.0. The molecule has 0 unspecified atom stereocenters. The highest BCUT2D eigenvalue weighted by molar-refractivity contribution is 7.89. The second kappa shape index (κ2) is 8.48. The maximum absolute atomic E-state index is 12.9. The molecular formula is C19H26N2O6S. The van der Waals surface area contributed by atoms with Gasteiger partial charge in [0.2, 0.25) is 10.0 Å². The van der Waals surface area contributed by atoms with Gasteiger partial charge in [-0.25, -0.2) is 13.2 Å². The molecule has 0 aliphatic carbocycles. The molecule has 3 rings (SSSR count). The predicted octanol–water partition coefficient (Wildman–Crippen LogP) is 2.34. The van der Waals surface area contributed by atoms with Gasteiger partial charge in [0, 0.05) is 19.5 Å². The van der Waals surface area contributed by atoms with Crippen molar-refractivity contribution >= 4 is 22.4 Å². The van der Waals surface area contributed by atoms with Gasteiger partial charge in [0.1, 0.15) is 12.0 Å². The van der Waals surface area contributed by atoms with Gasteiger partial charge in [-0.15, -0.1) is 0 Å². The van der Waals surface area contributed by atoms with Gasteiger partial charge < -0.3 is 19.2 Å². The van der Waals surface area contributed by atoms with Crippen LogP contribution in [0.25, 0.3) is 0 Å². The number of hydrogen-bond acceptors (Lipinski definition) is 6. The highest BCUT2D eigenvalue weighted by Crippen LogP contribution is 2.47. The summed E-state index contributed by atoms with van der Waals surface area (Å²) in [6.07, 6.45) is 3.80. The molecular weight excluding hydrogens is 384 g/mol. The summed E-state index contributed by atoms with van der Waals surface area (Å²) in [4.78, 5) is 24.7. The number of sulfonamides is 1. The molecule has 2 aliphatic heterocycles. The van der Waals surface area contributed by atoms with Crippen molar-refractivity contribution in [1.29, 1.82) is 0 Å². The van der Waals surface area contributed by atoms with Crippen LogP contribution in [0, 0.1) is 0 Å². The predicted molar refractivity (Wildman–Crippen MR) is 102 cm³/mol. The molecule has 2 aliphatic rings. The molecule has 0 radical (unpaired) electrons. The van der Waals surface area contributed by atoms with Crippen molar-refractivity contribution in [2.45, 2.75) is 49.1 Å². The highest BCUT2D eigenvalue weighted by atomic mass is 32.2. The molecule has 0 bridgehead atoms. The molecule has 2 atom stereocenters. The number of carbonyl (C=O) groups excluding carboxylic acids is 2. The molecule has 28 heavy (non-hydrogen) atoms. The van der Waals surface area contributed by atoms with E-state index < -0.39 is 16.1 Å². The molecule has 0 saturated carbocycles. The Balaban J connectivity index is 1.78. The molecule has 1 aromatic carbocycles. The minimum atomic E-state index is -3.58. The van der Waals surface area contributed by atoms with Gasteiger partial charge >= 0.3 is 6.09 Å². The third-order valence-electron chi connectivity index (χ3n) is 5.47. The molecule has 0 spiro atoms. The normalized spacial score (nSPS) is 22.4. The zero-order valence-corrected chi connectivity index (χ0v) is 17.0. The van der Waals surface area contributed by atoms with E-state index in [-0.39, 0.29) is 18.6 Å². The number of carbonyl (C=O) groups is 2. The average Bonchev–Trinajstić information content (AvgIpc) is 3.22. The zero-order chi connectivity index (χ0) is 20.3. The molecule has 9 heteroatoms. The largest absolute Gasteiger partial charge is 0.497 e. The summed E-state index contributed by atoms with van der Waals surface area (Å²) in [6, 6.07) is 4.44. The smallest absolute Gasteiger partial charge is 0.409 e. The van der Waals surface area contributed by atoms with Crippen LogP contribution >= 0.6 is 0 Å². The quantitative estimate of drug-likeness (QED) is 0.482. The van der Waals surface area contributed by atoms with E-state index in [0.29, 0.717) is 30.0 Å². The minimum absolute atomic E-state index is 0.243. The highest BCUT2D eigenvalue weighted by Gasteiger charge is 2.50. The summed E-state index contributed by atoms with van der Waals surface area (Å²) >= 11 is 0. The SMILES string of the molecule is COC(=O)N(CCCCCC=O)[C@H]1C[C@@H]2c3cc(OC)ccc3S(=O)(=O)N2C1. The molecule has 1 saturated heterocycles. The van der Waals surface area contributed by atoms with Crippen LogP contribution in [0.3, 0.4) is 0 Å². The fraction of sp³-hybridized carbons (Fsp3) is 0.579. The number of benzene rings is 1. The molecule has 8 nitrogen and oxygen atoms in total. The lowest BCUT2D eigenvalue weighted by Gasteiger charge is -2.28. The van der Waals surface area contributed by atoms with Crippen LogP contribution in [-0.4, -0.2) is 63.4 Å². The number of amides is 1. The minimum Gasteiger partial charge on any atom is -0.497 e.